The van der Waals surface area contributed by atoms with Crippen molar-refractivity contribution in [3.8, 4) is 0 Å². The van der Waals surface area contributed by atoms with Crippen LogP contribution in [0.3, 0.4) is 0 Å². The number of alkyl halides is 3. The van der Waals surface area contributed by atoms with Gasteiger partial charge in [0.25, 0.3) is 0 Å². The first-order valence-corrected chi connectivity index (χ1v) is 8.73. The Morgan fingerprint density at radius 1 is 1.15 bits per heavy atom. The minimum atomic E-state index is -4.64. The molecule has 3 rings (SSSR count). The van der Waals surface area contributed by atoms with Gasteiger partial charge in [-0.05, 0) is 31.0 Å². The van der Waals surface area contributed by atoms with Crippen LogP contribution in [0.15, 0.2) is 30.4 Å². The smallest absolute Gasteiger partial charge is 0.326 e. The molecule has 1 aromatic carbocycles. The number of fused-ring (bicyclic) bond motifs is 1. The van der Waals surface area contributed by atoms with Crippen molar-refractivity contribution in [3.63, 3.8) is 0 Å². The molecule has 0 unspecified atom stereocenters. The summed E-state index contributed by atoms with van der Waals surface area (Å²) in [6, 6.07) is 3.04. The van der Waals surface area contributed by atoms with Gasteiger partial charge in [-0.1, -0.05) is 23.8 Å². The van der Waals surface area contributed by atoms with E-state index in [9.17, 15) is 27.6 Å². The summed E-state index contributed by atoms with van der Waals surface area (Å²) >= 11 is 5.54. The van der Waals surface area contributed by atoms with Crippen LogP contribution in [0.25, 0.3) is 0 Å². The normalized spacial score (nSPS) is 22.1. The highest BCUT2D eigenvalue weighted by molar-refractivity contribution is 6.31. The highest BCUT2D eigenvalue weighted by Gasteiger charge is 2.46. The fraction of sp³-hybridized carbons (Fsp3) is 0.389. The first kappa shape index (κ1) is 19.4. The van der Waals surface area contributed by atoms with Crippen molar-refractivity contribution >= 4 is 35.0 Å². The molecule has 2 aliphatic rings. The van der Waals surface area contributed by atoms with Crippen LogP contribution < -0.4 is 5.32 Å². The van der Waals surface area contributed by atoms with E-state index in [1.54, 1.807) is 0 Å². The van der Waals surface area contributed by atoms with Crippen LogP contribution in [-0.2, 0) is 20.6 Å². The second kappa shape index (κ2) is 7.34. The lowest BCUT2D eigenvalue weighted by Gasteiger charge is -2.15. The fourth-order valence-corrected chi connectivity index (χ4v) is 3.57. The SMILES string of the molecule is O=C(CCN1C(=O)[C@@H]2CC=CC[C@H]2C1=O)Nc1ccc(Cl)c(C(F)(F)F)c1. The maximum atomic E-state index is 12.9. The molecule has 5 nitrogen and oxygen atoms in total. The second-order valence-corrected chi connectivity index (χ2v) is 6.88. The molecule has 0 bridgehead atoms. The average molecular weight is 401 g/mol. The van der Waals surface area contributed by atoms with Crippen LogP contribution in [0.2, 0.25) is 5.02 Å². The summed E-state index contributed by atoms with van der Waals surface area (Å²) in [5, 5.41) is 1.87. The van der Waals surface area contributed by atoms with Crippen LogP contribution in [0.1, 0.15) is 24.8 Å². The molecule has 1 fully saturated rings. The van der Waals surface area contributed by atoms with Crippen LogP contribution in [0.4, 0.5) is 18.9 Å². The Bertz CT molecular complexity index is 797. The number of imide groups is 1. The summed E-state index contributed by atoms with van der Waals surface area (Å²) in [5.74, 6) is -1.95. The zero-order valence-electron chi connectivity index (χ0n) is 14.1. The molecule has 1 aliphatic heterocycles. The Hall–Kier alpha value is -2.35. The number of amides is 3. The molecule has 27 heavy (non-hydrogen) atoms. The van der Waals surface area contributed by atoms with Gasteiger partial charge in [-0.15, -0.1) is 0 Å². The number of nitrogens with zero attached hydrogens (tertiary/aromatic N) is 1. The van der Waals surface area contributed by atoms with Crippen LogP contribution >= 0.6 is 11.6 Å². The van der Waals surface area contributed by atoms with Crippen molar-refractivity contribution in [3.05, 3.63) is 40.9 Å². The highest BCUT2D eigenvalue weighted by Crippen LogP contribution is 2.37. The van der Waals surface area contributed by atoms with Gasteiger partial charge in [0, 0.05) is 18.7 Å². The molecule has 0 aromatic heterocycles. The van der Waals surface area contributed by atoms with Gasteiger partial charge in [0.15, 0.2) is 0 Å². The predicted molar refractivity (Wildman–Crippen MR) is 91.8 cm³/mol. The number of likely N-dealkylation sites (tertiary alicyclic amines) is 1. The van der Waals surface area contributed by atoms with Crippen LogP contribution in [0.5, 0.6) is 0 Å². The lowest BCUT2D eigenvalue weighted by atomic mass is 9.85. The van der Waals surface area contributed by atoms with Crippen LogP contribution in [0, 0.1) is 11.8 Å². The molecule has 9 heteroatoms. The molecule has 1 aliphatic carbocycles. The zero-order chi connectivity index (χ0) is 19.8. The molecular weight excluding hydrogens is 385 g/mol. The van der Waals surface area contributed by atoms with Crippen molar-refractivity contribution in [2.24, 2.45) is 11.8 Å². The largest absolute Gasteiger partial charge is 0.417 e. The minimum absolute atomic E-state index is 0.0614. The number of rotatable bonds is 4. The summed E-state index contributed by atoms with van der Waals surface area (Å²) in [4.78, 5) is 37.8. The molecule has 1 aromatic rings. The molecule has 1 N–H and O–H groups in total. The van der Waals surface area contributed by atoms with Gasteiger partial charge in [0.05, 0.1) is 22.4 Å². The number of halogens is 4. The van der Waals surface area contributed by atoms with E-state index in [1.165, 1.54) is 6.07 Å². The summed E-state index contributed by atoms with van der Waals surface area (Å²) in [7, 11) is 0. The summed E-state index contributed by atoms with van der Waals surface area (Å²) in [6.07, 6.45) is -0.112. The van der Waals surface area contributed by atoms with E-state index in [0.29, 0.717) is 12.8 Å². The Labute approximate surface area is 158 Å². The van der Waals surface area contributed by atoms with Gasteiger partial charge in [0.2, 0.25) is 17.7 Å². The van der Waals surface area contributed by atoms with Gasteiger partial charge in [-0.2, -0.15) is 13.2 Å². The lowest BCUT2D eigenvalue weighted by molar-refractivity contribution is -0.140. The Balaban J connectivity index is 1.61. The minimum Gasteiger partial charge on any atom is -0.326 e. The maximum Gasteiger partial charge on any atom is 0.417 e. The third-order valence-corrected chi connectivity index (χ3v) is 5.05. The number of allylic oxidation sites excluding steroid dienone is 2. The van der Waals surface area contributed by atoms with Crippen molar-refractivity contribution in [1.29, 1.82) is 0 Å². The molecule has 2 atom stereocenters. The van der Waals surface area contributed by atoms with E-state index in [1.807, 2.05) is 12.2 Å². The quantitative estimate of drug-likeness (QED) is 0.620. The Morgan fingerprint density at radius 2 is 1.74 bits per heavy atom. The summed E-state index contributed by atoms with van der Waals surface area (Å²) in [6.45, 7) is -0.101. The lowest BCUT2D eigenvalue weighted by Crippen LogP contribution is -2.34. The average Bonchev–Trinajstić information content (AvgIpc) is 2.85. The molecule has 0 saturated carbocycles. The number of benzene rings is 1. The van der Waals surface area contributed by atoms with Crippen molar-refractivity contribution in [2.75, 3.05) is 11.9 Å². The number of carbonyl (C=O) groups excluding carboxylic acids is 3. The predicted octanol–water partition coefficient (Wildman–Crippen LogP) is 3.64. The summed E-state index contributed by atoms with van der Waals surface area (Å²) < 4.78 is 38.6. The number of anilines is 1. The topological polar surface area (TPSA) is 66.5 Å². The van der Waals surface area contributed by atoms with E-state index in [4.69, 9.17) is 11.6 Å². The summed E-state index contributed by atoms with van der Waals surface area (Å²) in [5.41, 5.74) is -1.11. The van der Waals surface area contributed by atoms with Gasteiger partial charge in [-0.3, -0.25) is 19.3 Å². The molecular formula is C18H16ClF3N2O3. The Morgan fingerprint density at radius 3 is 2.30 bits per heavy atom. The fourth-order valence-electron chi connectivity index (χ4n) is 3.35. The van der Waals surface area contributed by atoms with Crippen molar-refractivity contribution < 1.29 is 27.6 Å². The van der Waals surface area contributed by atoms with Crippen LogP contribution in [-0.4, -0.2) is 29.2 Å². The molecule has 3 amide bonds. The first-order chi connectivity index (χ1) is 12.7. The standard InChI is InChI=1S/C18H16ClF3N2O3/c19-14-6-5-10(9-13(14)18(20,21)22)23-15(25)7-8-24-16(26)11-3-1-2-4-12(11)17(24)27/h1-2,5-6,9,11-12H,3-4,7-8H2,(H,23,25)/t11-,12-/m1/s1. The third-order valence-electron chi connectivity index (χ3n) is 4.72. The monoisotopic (exact) mass is 400 g/mol. The van der Waals surface area contributed by atoms with E-state index < -0.39 is 22.7 Å². The second-order valence-electron chi connectivity index (χ2n) is 6.47. The van der Waals surface area contributed by atoms with Gasteiger partial charge >= 0.3 is 6.18 Å². The highest BCUT2D eigenvalue weighted by atomic mass is 35.5. The number of nitrogens with one attached hydrogen (secondary N) is 1. The molecule has 0 spiro atoms. The van der Waals surface area contributed by atoms with E-state index in [-0.39, 0.29) is 42.3 Å². The van der Waals surface area contributed by atoms with E-state index in [0.717, 1.165) is 17.0 Å². The molecule has 0 radical (unpaired) electrons. The van der Waals surface area contributed by atoms with Crippen molar-refractivity contribution in [2.45, 2.75) is 25.4 Å². The van der Waals surface area contributed by atoms with Gasteiger partial charge in [0.1, 0.15) is 0 Å². The zero-order valence-corrected chi connectivity index (χ0v) is 14.8. The first-order valence-electron chi connectivity index (χ1n) is 8.35. The number of hydrogen-bond acceptors (Lipinski definition) is 3. The van der Waals surface area contributed by atoms with E-state index >= 15 is 0 Å². The Kier molecular flexibility index (Phi) is 5.28. The molecule has 1 heterocycles. The number of hydrogen-bond donors (Lipinski definition) is 1. The third kappa shape index (κ3) is 4.00. The molecule has 144 valence electrons. The van der Waals surface area contributed by atoms with Crippen molar-refractivity contribution in [1.82, 2.24) is 4.90 Å². The van der Waals surface area contributed by atoms with E-state index in [2.05, 4.69) is 5.32 Å². The van der Waals surface area contributed by atoms with Gasteiger partial charge in [-0.25, -0.2) is 0 Å². The number of carbonyl (C=O) groups is 3. The molecule has 1 saturated heterocycles. The maximum absolute atomic E-state index is 12.9. The van der Waals surface area contributed by atoms with Gasteiger partial charge < -0.3 is 5.32 Å².